The van der Waals surface area contributed by atoms with Gasteiger partial charge in [-0.25, -0.2) is 0 Å². The molecule has 1 amide bonds. The Morgan fingerprint density at radius 3 is 2.84 bits per heavy atom. The molecule has 2 N–H and O–H groups in total. The first-order valence-electron chi connectivity index (χ1n) is 6.25. The zero-order valence-corrected chi connectivity index (χ0v) is 11.6. The number of anilines is 1. The second-order valence-electron chi connectivity index (χ2n) is 4.99. The number of fused-ring (bicyclic) bond motifs is 1. The van der Waals surface area contributed by atoms with Gasteiger partial charge in [0.15, 0.2) is 0 Å². The summed E-state index contributed by atoms with van der Waals surface area (Å²) in [5.74, 6) is 0.446. The molecule has 0 spiro atoms. The Balaban J connectivity index is 2.19. The van der Waals surface area contributed by atoms with E-state index < -0.39 is 0 Å². The van der Waals surface area contributed by atoms with Gasteiger partial charge >= 0.3 is 0 Å². The topological polar surface area (TPSA) is 66.9 Å². The highest BCUT2D eigenvalue weighted by molar-refractivity contribution is 7.10. The third kappa shape index (κ3) is 1.92. The van der Waals surface area contributed by atoms with Gasteiger partial charge in [0, 0.05) is 23.3 Å². The van der Waals surface area contributed by atoms with Crippen LogP contribution in [0.4, 0.5) is 5.82 Å². The lowest BCUT2D eigenvalue weighted by molar-refractivity contribution is -0.116. The normalized spacial score (nSPS) is 18.5. The standard InChI is InChI=1S/C13H15N3O2S/c1-7(2)16-12-11(13(18)15-16)8(6-10(17)14-12)9-4-3-5-19-9/h3-5,7-8H,6H2,1-2H3,(H,14,17)(H,15,18). The van der Waals surface area contributed by atoms with Gasteiger partial charge in [0.05, 0.1) is 5.56 Å². The summed E-state index contributed by atoms with van der Waals surface area (Å²) in [4.78, 5) is 25.1. The van der Waals surface area contributed by atoms with Crippen molar-refractivity contribution in [3.8, 4) is 0 Å². The number of hydrogen-bond acceptors (Lipinski definition) is 3. The number of carbonyl (C=O) groups is 1. The van der Waals surface area contributed by atoms with Gasteiger partial charge < -0.3 is 5.32 Å². The van der Waals surface area contributed by atoms with E-state index in [9.17, 15) is 9.59 Å². The minimum absolute atomic E-state index is 0.0423. The Morgan fingerprint density at radius 2 is 2.21 bits per heavy atom. The van der Waals surface area contributed by atoms with Crippen molar-refractivity contribution < 1.29 is 4.79 Å². The second kappa shape index (κ2) is 4.38. The molecule has 0 bridgehead atoms. The fraction of sp³-hybridized carbons (Fsp3) is 0.385. The lowest BCUT2D eigenvalue weighted by Gasteiger charge is -2.23. The average Bonchev–Trinajstić information content (AvgIpc) is 2.96. The summed E-state index contributed by atoms with van der Waals surface area (Å²) in [5.41, 5.74) is 0.567. The lowest BCUT2D eigenvalue weighted by Crippen LogP contribution is -2.26. The number of H-pyrrole nitrogens is 1. The van der Waals surface area contributed by atoms with Crippen molar-refractivity contribution in [1.82, 2.24) is 9.78 Å². The van der Waals surface area contributed by atoms with Crippen molar-refractivity contribution in [3.05, 3.63) is 38.3 Å². The molecule has 3 rings (SSSR count). The minimum atomic E-state index is -0.132. The van der Waals surface area contributed by atoms with Crippen LogP contribution in [0.2, 0.25) is 0 Å². The smallest absolute Gasteiger partial charge is 0.270 e. The van der Waals surface area contributed by atoms with E-state index in [2.05, 4.69) is 10.4 Å². The van der Waals surface area contributed by atoms with Gasteiger partial charge in [-0.05, 0) is 25.3 Å². The van der Waals surface area contributed by atoms with Crippen molar-refractivity contribution in [2.24, 2.45) is 0 Å². The molecular weight excluding hydrogens is 262 g/mol. The molecule has 2 aromatic heterocycles. The third-order valence-electron chi connectivity index (χ3n) is 3.36. The molecule has 1 aliphatic rings. The summed E-state index contributed by atoms with van der Waals surface area (Å²) in [6.45, 7) is 3.94. The van der Waals surface area contributed by atoms with Crippen LogP contribution in [-0.4, -0.2) is 15.7 Å². The molecule has 0 saturated carbocycles. The van der Waals surface area contributed by atoms with Crippen LogP contribution in [0.3, 0.4) is 0 Å². The molecule has 0 radical (unpaired) electrons. The third-order valence-corrected chi connectivity index (χ3v) is 4.35. The van der Waals surface area contributed by atoms with Gasteiger partial charge in [0.2, 0.25) is 5.91 Å². The molecule has 1 atom stereocenters. The number of nitrogens with one attached hydrogen (secondary N) is 2. The van der Waals surface area contributed by atoms with E-state index in [-0.39, 0.29) is 23.4 Å². The van der Waals surface area contributed by atoms with Crippen LogP contribution in [0, 0.1) is 0 Å². The van der Waals surface area contributed by atoms with Crippen LogP contribution >= 0.6 is 11.3 Å². The first kappa shape index (κ1) is 12.2. The van der Waals surface area contributed by atoms with Crippen LogP contribution < -0.4 is 10.9 Å². The fourth-order valence-electron chi connectivity index (χ4n) is 2.50. The van der Waals surface area contributed by atoms with Gasteiger partial charge in [-0.2, -0.15) is 0 Å². The lowest BCUT2D eigenvalue weighted by atomic mass is 9.92. The maximum absolute atomic E-state index is 12.2. The summed E-state index contributed by atoms with van der Waals surface area (Å²) in [5, 5.41) is 7.61. The number of nitrogens with zero attached hydrogens (tertiary/aromatic N) is 1. The molecule has 5 nitrogen and oxygen atoms in total. The van der Waals surface area contributed by atoms with Crippen molar-refractivity contribution in [2.75, 3.05) is 5.32 Å². The SMILES string of the molecule is CC(C)n1[nH]c(=O)c2c1NC(=O)CC2c1cccs1. The second-order valence-corrected chi connectivity index (χ2v) is 5.97. The molecule has 1 aliphatic heterocycles. The van der Waals surface area contributed by atoms with Crippen LogP contribution in [-0.2, 0) is 4.79 Å². The maximum Gasteiger partial charge on any atom is 0.270 e. The van der Waals surface area contributed by atoms with Gasteiger partial charge in [-0.3, -0.25) is 19.4 Å². The number of aromatic amines is 1. The summed E-state index contributed by atoms with van der Waals surface area (Å²) >= 11 is 1.58. The first-order valence-corrected chi connectivity index (χ1v) is 7.13. The molecule has 0 aliphatic carbocycles. The van der Waals surface area contributed by atoms with Crippen molar-refractivity contribution in [3.63, 3.8) is 0 Å². The van der Waals surface area contributed by atoms with Gasteiger partial charge in [-0.15, -0.1) is 11.3 Å². The molecule has 1 unspecified atom stereocenters. The fourth-order valence-corrected chi connectivity index (χ4v) is 3.34. The van der Waals surface area contributed by atoms with Crippen molar-refractivity contribution >= 4 is 23.1 Å². The minimum Gasteiger partial charge on any atom is -0.311 e. The monoisotopic (exact) mass is 277 g/mol. The van der Waals surface area contributed by atoms with Crippen LogP contribution in [0.15, 0.2) is 22.3 Å². The number of hydrogen-bond donors (Lipinski definition) is 2. The van der Waals surface area contributed by atoms with Crippen LogP contribution in [0.5, 0.6) is 0 Å². The first-order chi connectivity index (χ1) is 9.08. The number of thiophene rings is 1. The van der Waals surface area contributed by atoms with Gasteiger partial charge in [0.25, 0.3) is 5.56 Å². The summed E-state index contributed by atoms with van der Waals surface area (Å²) in [6, 6.07) is 4.02. The van der Waals surface area contributed by atoms with Crippen molar-refractivity contribution in [1.29, 1.82) is 0 Å². The Labute approximate surface area is 114 Å². The highest BCUT2D eigenvalue weighted by Gasteiger charge is 2.33. The van der Waals surface area contributed by atoms with Crippen LogP contribution in [0.1, 0.15) is 42.7 Å². The molecular formula is C13H15N3O2S. The van der Waals surface area contributed by atoms with E-state index in [1.165, 1.54) is 0 Å². The number of aromatic nitrogens is 2. The van der Waals surface area contributed by atoms with Gasteiger partial charge in [-0.1, -0.05) is 6.07 Å². The Kier molecular flexibility index (Phi) is 2.82. The highest BCUT2D eigenvalue weighted by Crippen LogP contribution is 2.37. The predicted molar refractivity (Wildman–Crippen MR) is 74.8 cm³/mol. The molecule has 0 fully saturated rings. The molecule has 3 heterocycles. The Hall–Kier alpha value is -1.82. The molecule has 0 aromatic carbocycles. The number of rotatable bonds is 2. The quantitative estimate of drug-likeness (QED) is 0.884. The number of carbonyl (C=O) groups excluding carboxylic acids is 1. The number of amides is 1. The van der Waals surface area contributed by atoms with E-state index in [0.717, 1.165) is 4.88 Å². The molecule has 2 aromatic rings. The zero-order chi connectivity index (χ0) is 13.6. The molecule has 0 saturated heterocycles. The largest absolute Gasteiger partial charge is 0.311 e. The summed E-state index contributed by atoms with van der Waals surface area (Å²) < 4.78 is 1.73. The average molecular weight is 277 g/mol. The zero-order valence-electron chi connectivity index (χ0n) is 10.8. The van der Waals surface area contributed by atoms with Gasteiger partial charge in [0.1, 0.15) is 5.82 Å². The molecule has 6 heteroatoms. The highest BCUT2D eigenvalue weighted by atomic mass is 32.1. The van der Waals surface area contributed by atoms with E-state index in [4.69, 9.17) is 0 Å². The molecule has 100 valence electrons. The Morgan fingerprint density at radius 1 is 1.42 bits per heavy atom. The summed E-state index contributed by atoms with van der Waals surface area (Å²) in [7, 11) is 0. The van der Waals surface area contributed by atoms with E-state index >= 15 is 0 Å². The maximum atomic E-state index is 12.2. The Bertz CT molecular complexity index is 667. The van der Waals surface area contributed by atoms with E-state index in [0.29, 0.717) is 17.8 Å². The van der Waals surface area contributed by atoms with Crippen LogP contribution in [0.25, 0.3) is 0 Å². The van der Waals surface area contributed by atoms with E-state index in [1.54, 1.807) is 16.0 Å². The van der Waals surface area contributed by atoms with Crippen molar-refractivity contribution in [2.45, 2.75) is 32.2 Å². The predicted octanol–water partition coefficient (Wildman–Crippen LogP) is 2.29. The summed E-state index contributed by atoms with van der Waals surface area (Å²) in [6.07, 6.45) is 0.332. The van der Waals surface area contributed by atoms with E-state index in [1.807, 2.05) is 31.4 Å². The molecule has 19 heavy (non-hydrogen) atoms.